The van der Waals surface area contributed by atoms with Crippen molar-refractivity contribution in [1.29, 1.82) is 0 Å². The third kappa shape index (κ3) is 2.44. The van der Waals surface area contributed by atoms with Crippen LogP contribution in [-0.2, 0) is 0 Å². The van der Waals surface area contributed by atoms with Crippen LogP contribution in [0, 0.1) is 5.92 Å². The zero-order valence-corrected chi connectivity index (χ0v) is 8.31. The zero-order chi connectivity index (χ0) is 10.7. The lowest BCUT2D eigenvalue weighted by Crippen LogP contribution is -2.40. The van der Waals surface area contributed by atoms with E-state index in [1.54, 1.807) is 12.1 Å². The minimum absolute atomic E-state index is 0.331. The summed E-state index contributed by atoms with van der Waals surface area (Å²) in [6.07, 6.45) is 4.20. The molecule has 1 fully saturated rings. The Balaban J connectivity index is 2.03. The van der Waals surface area contributed by atoms with Gasteiger partial charge in [-0.1, -0.05) is 24.3 Å². The SMILES string of the molecule is O=C(O)c1ccc(/C=C/C2CNC2)cc1. The normalized spacial score (nSPS) is 16.5. The standard InChI is InChI=1S/C12H13NO2/c14-12(15)11-5-3-9(4-6-11)1-2-10-7-13-8-10/h1-6,10,13H,7-8H2,(H,14,15)/b2-1+. The number of carboxylic acid groups (broad SMARTS) is 1. The van der Waals surface area contributed by atoms with Crippen LogP contribution in [0.3, 0.4) is 0 Å². The summed E-state index contributed by atoms with van der Waals surface area (Å²) in [4.78, 5) is 10.6. The first kappa shape index (κ1) is 9.93. The van der Waals surface area contributed by atoms with Gasteiger partial charge < -0.3 is 10.4 Å². The molecule has 1 aromatic carbocycles. The number of nitrogens with one attached hydrogen (secondary N) is 1. The molecular formula is C12H13NO2. The maximum Gasteiger partial charge on any atom is 0.335 e. The molecule has 1 aromatic rings. The van der Waals surface area contributed by atoms with Gasteiger partial charge in [-0.25, -0.2) is 4.79 Å². The molecule has 0 bridgehead atoms. The van der Waals surface area contributed by atoms with Gasteiger partial charge in [-0.05, 0) is 17.7 Å². The molecule has 0 aliphatic carbocycles. The Hall–Kier alpha value is -1.61. The molecule has 15 heavy (non-hydrogen) atoms. The highest BCUT2D eigenvalue weighted by molar-refractivity contribution is 5.87. The Labute approximate surface area is 88.4 Å². The minimum atomic E-state index is -0.881. The van der Waals surface area contributed by atoms with Crippen molar-refractivity contribution < 1.29 is 9.90 Å². The first-order valence-electron chi connectivity index (χ1n) is 4.98. The van der Waals surface area contributed by atoms with Gasteiger partial charge in [0, 0.05) is 19.0 Å². The van der Waals surface area contributed by atoms with Crippen LogP contribution in [0.2, 0.25) is 0 Å². The van der Waals surface area contributed by atoms with E-state index in [1.165, 1.54) is 0 Å². The smallest absolute Gasteiger partial charge is 0.335 e. The van der Waals surface area contributed by atoms with Gasteiger partial charge >= 0.3 is 5.97 Å². The fourth-order valence-electron chi connectivity index (χ4n) is 1.43. The van der Waals surface area contributed by atoms with Crippen LogP contribution in [0.1, 0.15) is 15.9 Å². The topological polar surface area (TPSA) is 49.3 Å². The van der Waals surface area contributed by atoms with Gasteiger partial charge in [0.05, 0.1) is 5.56 Å². The van der Waals surface area contributed by atoms with Gasteiger partial charge in [0.1, 0.15) is 0 Å². The first-order valence-corrected chi connectivity index (χ1v) is 4.98. The molecule has 1 aliphatic heterocycles. The number of rotatable bonds is 3. The van der Waals surface area contributed by atoms with Crippen molar-refractivity contribution in [2.75, 3.05) is 13.1 Å². The Morgan fingerprint density at radius 2 is 2.00 bits per heavy atom. The summed E-state index contributed by atoms with van der Waals surface area (Å²) in [6.45, 7) is 2.09. The second-order valence-corrected chi connectivity index (χ2v) is 3.70. The average Bonchev–Trinajstić information content (AvgIpc) is 2.16. The summed E-state index contributed by atoms with van der Waals surface area (Å²) in [5.74, 6) is -0.252. The molecular weight excluding hydrogens is 190 g/mol. The summed E-state index contributed by atoms with van der Waals surface area (Å²) in [5, 5.41) is 11.9. The van der Waals surface area contributed by atoms with E-state index in [-0.39, 0.29) is 0 Å². The molecule has 0 radical (unpaired) electrons. The molecule has 0 amide bonds. The van der Waals surface area contributed by atoms with Gasteiger partial charge in [0.2, 0.25) is 0 Å². The second-order valence-electron chi connectivity index (χ2n) is 3.70. The number of hydrogen-bond acceptors (Lipinski definition) is 2. The molecule has 1 saturated heterocycles. The monoisotopic (exact) mass is 203 g/mol. The summed E-state index contributed by atoms with van der Waals surface area (Å²) in [5.41, 5.74) is 1.38. The molecule has 0 aromatic heterocycles. The highest BCUT2D eigenvalue weighted by Gasteiger charge is 2.11. The van der Waals surface area contributed by atoms with Gasteiger partial charge in [0.25, 0.3) is 0 Å². The second kappa shape index (κ2) is 4.28. The minimum Gasteiger partial charge on any atom is -0.478 e. The zero-order valence-electron chi connectivity index (χ0n) is 8.31. The van der Waals surface area contributed by atoms with Crippen LogP contribution in [0.15, 0.2) is 30.3 Å². The van der Waals surface area contributed by atoms with Crippen LogP contribution in [-0.4, -0.2) is 24.2 Å². The first-order chi connectivity index (χ1) is 7.25. The fourth-order valence-corrected chi connectivity index (χ4v) is 1.43. The maximum absolute atomic E-state index is 10.6. The van der Waals surface area contributed by atoms with Crippen LogP contribution in [0.25, 0.3) is 6.08 Å². The lowest BCUT2D eigenvalue weighted by Gasteiger charge is -2.23. The molecule has 1 aliphatic rings. The van der Waals surface area contributed by atoms with Gasteiger partial charge in [-0.15, -0.1) is 0 Å². The number of hydrogen-bond donors (Lipinski definition) is 2. The molecule has 0 atom stereocenters. The number of carboxylic acids is 1. The predicted octanol–water partition coefficient (Wildman–Crippen LogP) is 1.62. The molecule has 2 N–H and O–H groups in total. The van der Waals surface area contributed by atoms with Crippen LogP contribution < -0.4 is 5.32 Å². The van der Waals surface area contributed by atoms with Gasteiger partial charge in [-0.3, -0.25) is 0 Å². The molecule has 0 spiro atoms. The number of benzene rings is 1. The van der Waals surface area contributed by atoms with E-state index >= 15 is 0 Å². The van der Waals surface area contributed by atoms with Crippen molar-refractivity contribution in [3.63, 3.8) is 0 Å². The summed E-state index contributed by atoms with van der Waals surface area (Å²) >= 11 is 0. The average molecular weight is 203 g/mol. The Morgan fingerprint density at radius 3 is 2.47 bits per heavy atom. The number of carbonyl (C=O) groups is 1. The van der Waals surface area contributed by atoms with E-state index in [4.69, 9.17) is 5.11 Å². The third-order valence-electron chi connectivity index (χ3n) is 2.53. The van der Waals surface area contributed by atoms with Crippen molar-refractivity contribution in [2.45, 2.75) is 0 Å². The predicted molar refractivity (Wildman–Crippen MR) is 58.8 cm³/mol. The molecule has 3 nitrogen and oxygen atoms in total. The Bertz CT molecular complexity index is 377. The molecule has 1 heterocycles. The van der Waals surface area contributed by atoms with Crippen molar-refractivity contribution in [3.8, 4) is 0 Å². The van der Waals surface area contributed by atoms with Crippen molar-refractivity contribution >= 4 is 12.0 Å². The van der Waals surface area contributed by atoms with E-state index in [2.05, 4.69) is 11.4 Å². The lowest BCUT2D eigenvalue weighted by molar-refractivity contribution is 0.0697. The highest BCUT2D eigenvalue weighted by atomic mass is 16.4. The molecule has 0 saturated carbocycles. The third-order valence-corrected chi connectivity index (χ3v) is 2.53. The Kier molecular flexibility index (Phi) is 2.83. The van der Waals surface area contributed by atoms with E-state index in [0.29, 0.717) is 11.5 Å². The van der Waals surface area contributed by atoms with Crippen LogP contribution in [0.5, 0.6) is 0 Å². The van der Waals surface area contributed by atoms with E-state index in [1.807, 2.05) is 18.2 Å². The summed E-state index contributed by atoms with van der Waals surface area (Å²) in [7, 11) is 0. The molecule has 78 valence electrons. The Morgan fingerprint density at radius 1 is 1.33 bits per heavy atom. The molecule has 3 heteroatoms. The highest BCUT2D eigenvalue weighted by Crippen LogP contribution is 2.10. The van der Waals surface area contributed by atoms with E-state index in [9.17, 15) is 4.79 Å². The van der Waals surface area contributed by atoms with Crippen LogP contribution in [0.4, 0.5) is 0 Å². The van der Waals surface area contributed by atoms with E-state index < -0.39 is 5.97 Å². The largest absolute Gasteiger partial charge is 0.478 e. The quantitative estimate of drug-likeness (QED) is 0.784. The fraction of sp³-hybridized carbons (Fsp3) is 0.250. The van der Waals surface area contributed by atoms with Gasteiger partial charge in [0.15, 0.2) is 0 Å². The van der Waals surface area contributed by atoms with Crippen molar-refractivity contribution in [3.05, 3.63) is 41.5 Å². The molecule has 0 unspecified atom stereocenters. The lowest BCUT2D eigenvalue weighted by atomic mass is 10.0. The van der Waals surface area contributed by atoms with Crippen molar-refractivity contribution in [1.82, 2.24) is 5.32 Å². The summed E-state index contributed by atoms with van der Waals surface area (Å²) < 4.78 is 0. The van der Waals surface area contributed by atoms with Crippen LogP contribution >= 0.6 is 0 Å². The maximum atomic E-state index is 10.6. The number of aromatic carboxylic acids is 1. The summed E-state index contributed by atoms with van der Waals surface area (Å²) in [6, 6.07) is 6.90. The van der Waals surface area contributed by atoms with Gasteiger partial charge in [-0.2, -0.15) is 0 Å². The van der Waals surface area contributed by atoms with E-state index in [0.717, 1.165) is 18.7 Å². The van der Waals surface area contributed by atoms with Crippen molar-refractivity contribution in [2.24, 2.45) is 5.92 Å². The molecule has 2 rings (SSSR count).